The van der Waals surface area contributed by atoms with Crippen LogP contribution in [0.1, 0.15) is 29.0 Å². The Morgan fingerprint density at radius 3 is 2.81 bits per heavy atom. The van der Waals surface area contributed by atoms with Crippen LogP contribution in [-0.2, 0) is 7.05 Å². The van der Waals surface area contributed by atoms with Crippen LogP contribution in [0, 0.1) is 6.92 Å². The Morgan fingerprint density at radius 2 is 2.14 bits per heavy atom. The van der Waals surface area contributed by atoms with Crippen molar-refractivity contribution in [2.24, 2.45) is 7.05 Å². The molecule has 0 saturated carbocycles. The van der Waals surface area contributed by atoms with Crippen molar-refractivity contribution < 1.29 is 0 Å². The maximum absolute atomic E-state index is 5.77. The fourth-order valence-corrected chi connectivity index (χ4v) is 3.23. The standard InChI is InChI=1S/C15H17N5S/c1-9-7-12(18-15(16)17-9)14-11(8-20(3)19-14)10(2)13-5-4-6-21-13/h4-8,10H,1-3H3,(H2,16,17,18). The Bertz CT molecular complexity index is 740. The SMILES string of the molecule is Cc1cc(-c2nn(C)cc2C(C)c2cccs2)nc(N)n1. The van der Waals surface area contributed by atoms with Crippen molar-refractivity contribution in [3.63, 3.8) is 0 Å². The fourth-order valence-electron chi connectivity index (χ4n) is 2.43. The van der Waals surface area contributed by atoms with E-state index in [-0.39, 0.29) is 11.9 Å². The highest BCUT2D eigenvalue weighted by molar-refractivity contribution is 7.10. The average molecular weight is 299 g/mol. The van der Waals surface area contributed by atoms with Crippen molar-refractivity contribution in [1.29, 1.82) is 0 Å². The summed E-state index contributed by atoms with van der Waals surface area (Å²) in [7, 11) is 1.92. The molecule has 0 aliphatic heterocycles. The first-order valence-corrected chi connectivity index (χ1v) is 7.61. The van der Waals surface area contributed by atoms with Crippen molar-refractivity contribution in [3.05, 3.63) is 45.9 Å². The first-order chi connectivity index (χ1) is 10.0. The number of thiophene rings is 1. The zero-order chi connectivity index (χ0) is 15.0. The maximum Gasteiger partial charge on any atom is 0.220 e. The number of aryl methyl sites for hydroxylation is 2. The van der Waals surface area contributed by atoms with Gasteiger partial charge >= 0.3 is 0 Å². The Labute approximate surface area is 127 Å². The van der Waals surface area contributed by atoms with Gasteiger partial charge in [0.1, 0.15) is 5.69 Å². The average Bonchev–Trinajstić information content (AvgIpc) is 3.05. The molecule has 3 heterocycles. The number of nitrogens with two attached hydrogens (primary N) is 1. The molecule has 0 bridgehead atoms. The van der Waals surface area contributed by atoms with E-state index in [1.54, 1.807) is 11.3 Å². The zero-order valence-corrected chi connectivity index (χ0v) is 13.1. The molecule has 6 heteroatoms. The molecule has 0 aliphatic carbocycles. The molecule has 0 aromatic carbocycles. The van der Waals surface area contributed by atoms with Gasteiger partial charge in [0.2, 0.25) is 5.95 Å². The number of hydrogen-bond acceptors (Lipinski definition) is 5. The van der Waals surface area contributed by atoms with Crippen LogP contribution in [0.3, 0.4) is 0 Å². The molecular formula is C15H17N5S. The quantitative estimate of drug-likeness (QED) is 0.807. The summed E-state index contributed by atoms with van der Waals surface area (Å²) in [4.78, 5) is 9.77. The minimum atomic E-state index is 0.269. The van der Waals surface area contributed by atoms with Crippen LogP contribution in [0.4, 0.5) is 5.95 Å². The summed E-state index contributed by atoms with van der Waals surface area (Å²) >= 11 is 1.75. The van der Waals surface area contributed by atoms with Crippen molar-refractivity contribution in [3.8, 4) is 11.4 Å². The number of aromatic nitrogens is 4. The van der Waals surface area contributed by atoms with Crippen LogP contribution < -0.4 is 5.73 Å². The topological polar surface area (TPSA) is 69.6 Å². The third kappa shape index (κ3) is 2.67. The van der Waals surface area contributed by atoms with E-state index >= 15 is 0 Å². The van der Waals surface area contributed by atoms with Gasteiger partial charge in [0.15, 0.2) is 0 Å². The van der Waals surface area contributed by atoms with Crippen LogP contribution in [0.15, 0.2) is 29.8 Å². The molecule has 0 amide bonds. The Morgan fingerprint density at radius 1 is 1.33 bits per heavy atom. The molecular weight excluding hydrogens is 282 g/mol. The van der Waals surface area contributed by atoms with E-state index in [9.17, 15) is 0 Å². The van der Waals surface area contributed by atoms with Gasteiger partial charge in [-0.05, 0) is 24.4 Å². The van der Waals surface area contributed by atoms with E-state index < -0.39 is 0 Å². The Hall–Kier alpha value is -2.21. The second-order valence-electron chi connectivity index (χ2n) is 5.10. The first kappa shape index (κ1) is 13.8. The summed E-state index contributed by atoms with van der Waals surface area (Å²) in [5, 5.41) is 6.66. The van der Waals surface area contributed by atoms with Crippen molar-refractivity contribution >= 4 is 17.3 Å². The number of hydrogen-bond donors (Lipinski definition) is 1. The van der Waals surface area contributed by atoms with Crippen LogP contribution in [0.25, 0.3) is 11.4 Å². The van der Waals surface area contributed by atoms with E-state index in [0.717, 1.165) is 22.6 Å². The minimum Gasteiger partial charge on any atom is -0.368 e. The molecule has 0 aliphatic rings. The molecule has 3 aromatic rings. The summed E-state index contributed by atoms with van der Waals surface area (Å²) in [5.41, 5.74) is 9.41. The highest BCUT2D eigenvalue weighted by Crippen LogP contribution is 2.33. The molecule has 0 spiro atoms. The van der Waals surface area contributed by atoms with Crippen LogP contribution in [-0.4, -0.2) is 19.7 Å². The van der Waals surface area contributed by atoms with Gasteiger partial charge in [-0.3, -0.25) is 4.68 Å². The van der Waals surface area contributed by atoms with Gasteiger partial charge in [-0.15, -0.1) is 11.3 Å². The molecule has 3 aromatic heterocycles. The second-order valence-corrected chi connectivity index (χ2v) is 6.08. The van der Waals surface area contributed by atoms with E-state index in [2.05, 4.69) is 39.5 Å². The fraction of sp³-hybridized carbons (Fsp3) is 0.267. The number of nitrogens with zero attached hydrogens (tertiary/aromatic N) is 4. The van der Waals surface area contributed by atoms with Crippen LogP contribution in [0.5, 0.6) is 0 Å². The minimum absolute atomic E-state index is 0.269. The lowest BCUT2D eigenvalue weighted by Crippen LogP contribution is -2.01. The largest absolute Gasteiger partial charge is 0.368 e. The monoisotopic (exact) mass is 299 g/mol. The highest BCUT2D eigenvalue weighted by Gasteiger charge is 2.19. The Balaban J connectivity index is 2.11. The number of rotatable bonds is 3. The third-order valence-corrected chi connectivity index (χ3v) is 4.46. The summed E-state index contributed by atoms with van der Waals surface area (Å²) in [6, 6.07) is 6.13. The van der Waals surface area contributed by atoms with Gasteiger partial charge < -0.3 is 5.73 Å². The molecule has 3 rings (SSSR count). The number of nitrogen functional groups attached to an aromatic ring is 1. The van der Waals surface area contributed by atoms with Crippen molar-refractivity contribution in [1.82, 2.24) is 19.7 Å². The molecule has 21 heavy (non-hydrogen) atoms. The molecule has 1 unspecified atom stereocenters. The molecule has 0 fully saturated rings. The lowest BCUT2D eigenvalue weighted by molar-refractivity contribution is 0.767. The van der Waals surface area contributed by atoms with Crippen LogP contribution >= 0.6 is 11.3 Å². The van der Waals surface area contributed by atoms with Gasteiger partial charge in [-0.1, -0.05) is 13.0 Å². The molecule has 2 N–H and O–H groups in total. The summed E-state index contributed by atoms with van der Waals surface area (Å²) in [5.74, 6) is 0.551. The Kier molecular flexibility index (Phi) is 3.47. The van der Waals surface area contributed by atoms with Gasteiger partial charge in [0.05, 0.1) is 5.69 Å². The van der Waals surface area contributed by atoms with Gasteiger partial charge in [0, 0.05) is 35.3 Å². The third-order valence-electron chi connectivity index (χ3n) is 3.41. The van der Waals surface area contributed by atoms with Gasteiger partial charge in [0.25, 0.3) is 0 Å². The summed E-state index contributed by atoms with van der Waals surface area (Å²) < 4.78 is 1.82. The zero-order valence-electron chi connectivity index (χ0n) is 12.2. The molecule has 0 radical (unpaired) electrons. The highest BCUT2D eigenvalue weighted by atomic mass is 32.1. The van der Waals surface area contributed by atoms with E-state index in [0.29, 0.717) is 0 Å². The van der Waals surface area contributed by atoms with Crippen molar-refractivity contribution in [2.45, 2.75) is 19.8 Å². The predicted octanol–water partition coefficient (Wildman–Crippen LogP) is 2.98. The van der Waals surface area contributed by atoms with Crippen molar-refractivity contribution in [2.75, 3.05) is 5.73 Å². The van der Waals surface area contributed by atoms with Crippen LogP contribution in [0.2, 0.25) is 0 Å². The first-order valence-electron chi connectivity index (χ1n) is 6.73. The smallest absolute Gasteiger partial charge is 0.220 e. The predicted molar refractivity (Wildman–Crippen MR) is 85.2 cm³/mol. The summed E-state index contributed by atoms with van der Waals surface area (Å²) in [6.07, 6.45) is 2.05. The maximum atomic E-state index is 5.77. The van der Waals surface area contributed by atoms with E-state index in [1.807, 2.05) is 30.9 Å². The lowest BCUT2D eigenvalue weighted by Gasteiger charge is -2.09. The summed E-state index contributed by atoms with van der Waals surface area (Å²) in [6.45, 7) is 4.09. The number of anilines is 1. The molecule has 0 saturated heterocycles. The molecule has 1 atom stereocenters. The van der Waals surface area contributed by atoms with E-state index in [4.69, 9.17) is 5.73 Å². The van der Waals surface area contributed by atoms with Gasteiger partial charge in [-0.2, -0.15) is 5.10 Å². The molecule has 5 nitrogen and oxygen atoms in total. The normalized spacial score (nSPS) is 12.5. The molecule has 108 valence electrons. The second kappa shape index (κ2) is 5.29. The van der Waals surface area contributed by atoms with E-state index in [1.165, 1.54) is 4.88 Å². The van der Waals surface area contributed by atoms with Gasteiger partial charge in [-0.25, -0.2) is 9.97 Å². The lowest BCUT2D eigenvalue weighted by atomic mass is 9.98.